The lowest BCUT2D eigenvalue weighted by molar-refractivity contribution is -0.384. The van der Waals surface area contributed by atoms with Crippen molar-refractivity contribution in [3.05, 3.63) is 135 Å². The summed E-state index contributed by atoms with van der Waals surface area (Å²) in [5, 5.41) is 18.5. The fourth-order valence-electron chi connectivity index (χ4n) is 4.06. The normalized spacial score (nSPS) is 11.4. The van der Waals surface area contributed by atoms with Gasteiger partial charge in [0, 0.05) is 39.2 Å². The maximum atomic E-state index is 13.5. The summed E-state index contributed by atoms with van der Waals surface area (Å²) in [5.41, 5.74) is 4.18. The summed E-state index contributed by atoms with van der Waals surface area (Å²) in [6.45, 7) is 1.94. The number of benzene rings is 4. The number of rotatable bonds is 9. The van der Waals surface area contributed by atoms with Crippen molar-refractivity contribution in [1.82, 2.24) is 4.98 Å². The zero-order valence-electron chi connectivity index (χ0n) is 21.8. The molecule has 0 saturated heterocycles. The number of carbonyl (C=O) groups is 2. The van der Waals surface area contributed by atoms with E-state index in [1.807, 2.05) is 79.7 Å². The average Bonchev–Trinajstić information content (AvgIpc) is 3.45. The number of hydrogen-bond acceptors (Lipinski definition) is 7. The highest BCUT2D eigenvalue weighted by Gasteiger charge is 2.23. The third-order valence-electron chi connectivity index (χ3n) is 6.07. The Kier molecular flexibility index (Phi) is 8.52. The zero-order chi connectivity index (χ0) is 28.8. The van der Waals surface area contributed by atoms with Crippen LogP contribution in [0.3, 0.4) is 0 Å². The van der Waals surface area contributed by atoms with Crippen LogP contribution in [0.2, 0.25) is 0 Å². The molecule has 2 amide bonds. The Hall–Kier alpha value is -4.80. The topological polar surface area (TPSA) is 114 Å². The summed E-state index contributed by atoms with van der Waals surface area (Å²) in [5.74, 6) is -0.443. The molecular weight excluding hydrogens is 556 g/mol. The quantitative estimate of drug-likeness (QED) is 0.105. The first kappa shape index (κ1) is 27.8. The van der Waals surface area contributed by atoms with Crippen molar-refractivity contribution in [1.29, 1.82) is 0 Å². The van der Waals surface area contributed by atoms with E-state index in [2.05, 4.69) is 15.6 Å². The Morgan fingerprint density at radius 3 is 2.39 bits per heavy atom. The molecular formula is C31H24N4O4S2. The van der Waals surface area contributed by atoms with Crippen molar-refractivity contribution in [2.75, 3.05) is 10.6 Å². The summed E-state index contributed by atoms with van der Waals surface area (Å²) in [6.07, 6.45) is 0. The molecule has 0 fully saturated rings. The van der Waals surface area contributed by atoms with E-state index in [0.717, 1.165) is 16.0 Å². The minimum Gasteiger partial charge on any atom is -0.322 e. The number of nitro groups is 1. The molecule has 41 heavy (non-hydrogen) atoms. The van der Waals surface area contributed by atoms with Gasteiger partial charge in [-0.1, -0.05) is 60.2 Å². The fraction of sp³-hybridized carbons (Fsp3) is 0.0645. The van der Waals surface area contributed by atoms with E-state index >= 15 is 0 Å². The molecule has 0 aliphatic heterocycles. The minimum atomic E-state index is -0.575. The number of nitrogens with zero attached hydrogens (tertiary/aromatic N) is 2. The number of carbonyl (C=O) groups excluding carboxylic acids is 2. The lowest BCUT2D eigenvalue weighted by Gasteiger charge is -2.16. The van der Waals surface area contributed by atoms with Crippen LogP contribution in [0.15, 0.2) is 113 Å². The van der Waals surface area contributed by atoms with Crippen molar-refractivity contribution < 1.29 is 14.5 Å². The molecule has 1 aromatic heterocycles. The largest absolute Gasteiger partial charge is 0.322 e. The van der Waals surface area contributed by atoms with E-state index in [1.165, 1.54) is 35.2 Å². The lowest BCUT2D eigenvalue weighted by atomic mass is 10.1. The molecule has 1 unspecified atom stereocenters. The van der Waals surface area contributed by atoms with Gasteiger partial charge in [-0.2, -0.15) is 0 Å². The van der Waals surface area contributed by atoms with E-state index in [4.69, 9.17) is 0 Å². The Morgan fingerprint density at radius 1 is 0.902 bits per heavy atom. The Labute approximate surface area is 244 Å². The van der Waals surface area contributed by atoms with Gasteiger partial charge in [-0.05, 0) is 48.9 Å². The number of hydrogen-bond donors (Lipinski definition) is 2. The second-order valence-electron chi connectivity index (χ2n) is 9.09. The van der Waals surface area contributed by atoms with Gasteiger partial charge < -0.3 is 10.6 Å². The van der Waals surface area contributed by atoms with E-state index in [0.29, 0.717) is 27.6 Å². The Morgan fingerprint density at radius 2 is 1.66 bits per heavy atom. The van der Waals surface area contributed by atoms with Crippen LogP contribution < -0.4 is 10.6 Å². The smallest absolute Gasteiger partial charge is 0.270 e. The summed E-state index contributed by atoms with van der Waals surface area (Å²) in [7, 11) is 0. The number of aryl methyl sites for hydroxylation is 1. The van der Waals surface area contributed by atoms with Gasteiger partial charge in [-0.3, -0.25) is 19.7 Å². The molecule has 0 aliphatic rings. The lowest BCUT2D eigenvalue weighted by Crippen LogP contribution is -2.19. The molecule has 2 N–H and O–H groups in total. The standard InChI is InChI=1S/C31H24N4O4S2/c1-20-7-5-11-23(17-20)29(36)32-24-13-15-26(16-14-24)41-28(21-8-3-2-4-9-21)30(37)34-31-33-27(19-40-31)22-10-6-12-25(18-22)35(38)39/h2-19,28H,1H3,(H,32,36)(H,33,34,37). The Balaban J connectivity index is 1.30. The van der Waals surface area contributed by atoms with E-state index in [9.17, 15) is 19.7 Å². The molecule has 8 nitrogen and oxygen atoms in total. The molecule has 0 spiro atoms. The summed E-state index contributed by atoms with van der Waals surface area (Å²) < 4.78 is 0. The van der Waals surface area contributed by atoms with E-state index < -0.39 is 10.2 Å². The highest BCUT2D eigenvalue weighted by Crippen LogP contribution is 2.37. The highest BCUT2D eigenvalue weighted by atomic mass is 32.2. The SMILES string of the molecule is Cc1cccc(C(=O)Nc2ccc(SC(C(=O)Nc3nc(-c4cccc([N+](=O)[O-])c4)cs3)c3ccccc3)cc2)c1. The molecule has 204 valence electrons. The first-order valence-corrected chi connectivity index (χ1v) is 14.3. The molecule has 4 aromatic carbocycles. The van der Waals surface area contributed by atoms with Gasteiger partial charge in [-0.15, -0.1) is 23.1 Å². The second-order valence-corrected chi connectivity index (χ2v) is 11.1. The van der Waals surface area contributed by atoms with Crippen molar-refractivity contribution in [3.8, 4) is 11.3 Å². The number of anilines is 2. The first-order valence-electron chi connectivity index (χ1n) is 12.6. The predicted octanol–water partition coefficient (Wildman–Crippen LogP) is 7.75. The highest BCUT2D eigenvalue weighted by molar-refractivity contribution is 8.00. The van der Waals surface area contributed by atoms with Crippen LogP contribution in [0.25, 0.3) is 11.3 Å². The molecule has 1 atom stereocenters. The van der Waals surface area contributed by atoms with Crippen molar-refractivity contribution in [2.24, 2.45) is 0 Å². The summed E-state index contributed by atoms with van der Waals surface area (Å²) in [4.78, 5) is 42.1. The molecule has 10 heteroatoms. The predicted molar refractivity (Wildman–Crippen MR) is 163 cm³/mol. The maximum Gasteiger partial charge on any atom is 0.270 e. The van der Waals surface area contributed by atoms with Gasteiger partial charge in [-0.25, -0.2) is 4.98 Å². The first-order chi connectivity index (χ1) is 19.9. The van der Waals surface area contributed by atoms with Gasteiger partial charge in [0.05, 0.1) is 10.6 Å². The van der Waals surface area contributed by atoms with Gasteiger partial charge in [0.1, 0.15) is 5.25 Å². The molecule has 0 radical (unpaired) electrons. The maximum absolute atomic E-state index is 13.5. The van der Waals surface area contributed by atoms with Crippen molar-refractivity contribution >= 4 is 51.4 Å². The van der Waals surface area contributed by atoms with Crippen LogP contribution in [0.5, 0.6) is 0 Å². The van der Waals surface area contributed by atoms with Crippen LogP contribution in [0, 0.1) is 17.0 Å². The molecule has 5 aromatic rings. The molecule has 0 saturated carbocycles. The van der Waals surface area contributed by atoms with Crippen molar-refractivity contribution in [3.63, 3.8) is 0 Å². The number of non-ortho nitro benzene ring substituents is 1. The van der Waals surface area contributed by atoms with Crippen molar-refractivity contribution in [2.45, 2.75) is 17.1 Å². The van der Waals surface area contributed by atoms with E-state index in [1.54, 1.807) is 23.6 Å². The molecule has 5 rings (SSSR count). The fourth-order valence-corrected chi connectivity index (χ4v) is 5.80. The number of thiazole rings is 1. The monoisotopic (exact) mass is 580 g/mol. The second kappa shape index (κ2) is 12.6. The van der Waals surface area contributed by atoms with Crippen LogP contribution in [0.1, 0.15) is 26.7 Å². The molecule has 0 bridgehead atoms. The van der Waals surface area contributed by atoms with Crippen LogP contribution in [-0.4, -0.2) is 21.7 Å². The number of thioether (sulfide) groups is 1. The number of aromatic nitrogens is 1. The van der Waals surface area contributed by atoms with Crippen LogP contribution in [-0.2, 0) is 4.79 Å². The Bertz CT molecular complexity index is 1710. The molecule has 1 heterocycles. The van der Waals surface area contributed by atoms with Gasteiger partial charge in [0.25, 0.3) is 11.6 Å². The van der Waals surface area contributed by atoms with Crippen LogP contribution in [0.4, 0.5) is 16.5 Å². The number of nitrogens with one attached hydrogen (secondary N) is 2. The molecule has 0 aliphatic carbocycles. The van der Waals surface area contributed by atoms with Gasteiger partial charge in [0.2, 0.25) is 5.91 Å². The average molecular weight is 581 g/mol. The van der Waals surface area contributed by atoms with Gasteiger partial charge >= 0.3 is 0 Å². The third-order valence-corrected chi connectivity index (χ3v) is 8.10. The number of nitro benzene ring substituents is 1. The minimum absolute atomic E-state index is 0.0256. The summed E-state index contributed by atoms with van der Waals surface area (Å²) >= 11 is 2.63. The van der Waals surface area contributed by atoms with Gasteiger partial charge in [0.15, 0.2) is 5.13 Å². The zero-order valence-corrected chi connectivity index (χ0v) is 23.4. The third kappa shape index (κ3) is 7.05. The van der Waals surface area contributed by atoms with Crippen LogP contribution >= 0.6 is 23.1 Å². The summed E-state index contributed by atoms with van der Waals surface area (Å²) in [6, 6.07) is 30.4. The van der Waals surface area contributed by atoms with E-state index in [-0.39, 0.29) is 17.5 Å². The number of amides is 2.